The summed E-state index contributed by atoms with van der Waals surface area (Å²) in [6.07, 6.45) is 3.63. The predicted octanol–water partition coefficient (Wildman–Crippen LogP) is 1.96. The number of nitrogens with zero attached hydrogens (tertiary/aromatic N) is 5. The number of anilines is 1. The van der Waals surface area contributed by atoms with Crippen molar-refractivity contribution in [2.24, 2.45) is 13.0 Å². The number of aromatic nitrogens is 4. The van der Waals surface area contributed by atoms with E-state index in [2.05, 4.69) is 63.0 Å². The van der Waals surface area contributed by atoms with Gasteiger partial charge in [-0.05, 0) is 54.0 Å². The summed E-state index contributed by atoms with van der Waals surface area (Å²) in [5.41, 5.74) is 1.50. The van der Waals surface area contributed by atoms with E-state index in [1.807, 2.05) is 7.05 Å². The highest BCUT2D eigenvalue weighted by atomic mass is 15.6. The van der Waals surface area contributed by atoms with E-state index in [-0.39, 0.29) is 0 Å². The average molecular weight is 326 g/mol. The summed E-state index contributed by atoms with van der Waals surface area (Å²) in [6, 6.07) is 12.1. The minimum Gasteiger partial charge on any atom is -0.340 e. The number of aryl methyl sites for hydroxylation is 1. The molecule has 0 spiro atoms. The Morgan fingerprint density at radius 3 is 2.58 bits per heavy atom. The average Bonchev–Trinajstić information content (AvgIpc) is 3.31. The standard InChI is InChI=1S/C18H26N6/c1-13(16-12-17(16)14-6-4-3-5-7-14)19-15-8-10-24(11-9-15)18-20-21-22-23(18)2/h3-7,13,15-17,19H,8-12H2,1-2H3/t13?,16-,17-/m0/s1. The molecule has 1 aliphatic heterocycles. The van der Waals surface area contributed by atoms with Crippen LogP contribution in [-0.2, 0) is 7.05 Å². The van der Waals surface area contributed by atoms with Crippen LogP contribution in [0.1, 0.15) is 37.7 Å². The zero-order valence-corrected chi connectivity index (χ0v) is 14.5. The van der Waals surface area contributed by atoms with Gasteiger partial charge in [0.15, 0.2) is 0 Å². The number of benzene rings is 1. The Morgan fingerprint density at radius 1 is 1.17 bits per heavy atom. The van der Waals surface area contributed by atoms with Gasteiger partial charge in [0.2, 0.25) is 5.95 Å². The molecule has 1 aromatic carbocycles. The molecule has 2 fully saturated rings. The van der Waals surface area contributed by atoms with Gasteiger partial charge in [-0.15, -0.1) is 0 Å². The third kappa shape index (κ3) is 3.15. The third-order valence-corrected chi connectivity index (χ3v) is 5.58. The lowest BCUT2D eigenvalue weighted by Crippen LogP contribution is -2.46. The molecule has 2 aliphatic rings. The molecule has 3 atom stereocenters. The van der Waals surface area contributed by atoms with Crippen molar-refractivity contribution >= 4 is 5.95 Å². The summed E-state index contributed by atoms with van der Waals surface area (Å²) in [4.78, 5) is 2.28. The molecule has 0 amide bonds. The Morgan fingerprint density at radius 2 is 1.92 bits per heavy atom. The second kappa shape index (κ2) is 6.51. The normalized spacial score (nSPS) is 25.7. The van der Waals surface area contributed by atoms with E-state index >= 15 is 0 Å². The Balaban J connectivity index is 1.26. The van der Waals surface area contributed by atoms with Crippen LogP contribution in [0.2, 0.25) is 0 Å². The Bertz CT molecular complexity index is 661. The minimum atomic E-state index is 0.586. The minimum absolute atomic E-state index is 0.586. The first-order valence-corrected chi connectivity index (χ1v) is 9.00. The van der Waals surface area contributed by atoms with E-state index < -0.39 is 0 Å². The van der Waals surface area contributed by atoms with Crippen LogP contribution >= 0.6 is 0 Å². The predicted molar refractivity (Wildman–Crippen MR) is 93.9 cm³/mol. The fraction of sp³-hybridized carbons (Fsp3) is 0.611. The largest absolute Gasteiger partial charge is 0.340 e. The smallest absolute Gasteiger partial charge is 0.245 e. The number of tetrazole rings is 1. The van der Waals surface area contributed by atoms with Gasteiger partial charge in [0, 0.05) is 32.2 Å². The summed E-state index contributed by atoms with van der Waals surface area (Å²) < 4.78 is 1.75. The maximum Gasteiger partial charge on any atom is 0.245 e. The van der Waals surface area contributed by atoms with Crippen LogP contribution in [0, 0.1) is 5.92 Å². The van der Waals surface area contributed by atoms with Crippen molar-refractivity contribution in [3.63, 3.8) is 0 Å². The van der Waals surface area contributed by atoms with Crippen molar-refractivity contribution < 1.29 is 0 Å². The second-order valence-corrected chi connectivity index (χ2v) is 7.24. The molecule has 6 nitrogen and oxygen atoms in total. The van der Waals surface area contributed by atoms with E-state index in [4.69, 9.17) is 0 Å². The summed E-state index contributed by atoms with van der Waals surface area (Å²) in [6.45, 7) is 4.39. The second-order valence-electron chi connectivity index (χ2n) is 7.24. The SMILES string of the molecule is CC(NC1CCN(c2nnnn2C)CC1)[C@@H]1C[C@H]1c1ccccc1. The molecule has 1 saturated heterocycles. The van der Waals surface area contributed by atoms with Crippen LogP contribution in [0.3, 0.4) is 0 Å². The maximum atomic E-state index is 4.11. The lowest BCUT2D eigenvalue weighted by Gasteiger charge is -2.34. The van der Waals surface area contributed by atoms with Crippen molar-refractivity contribution in [2.45, 2.75) is 44.2 Å². The van der Waals surface area contributed by atoms with Crippen LogP contribution in [0.4, 0.5) is 5.95 Å². The van der Waals surface area contributed by atoms with Gasteiger partial charge in [-0.25, -0.2) is 4.68 Å². The van der Waals surface area contributed by atoms with Crippen molar-refractivity contribution in [1.29, 1.82) is 0 Å². The fourth-order valence-electron chi connectivity index (χ4n) is 4.08. The van der Waals surface area contributed by atoms with Crippen LogP contribution in [-0.4, -0.2) is 45.4 Å². The van der Waals surface area contributed by atoms with Crippen molar-refractivity contribution in [3.8, 4) is 0 Å². The zero-order valence-electron chi connectivity index (χ0n) is 14.5. The van der Waals surface area contributed by atoms with Gasteiger partial charge >= 0.3 is 0 Å². The monoisotopic (exact) mass is 326 g/mol. The summed E-state index contributed by atoms with van der Waals surface area (Å²) >= 11 is 0. The molecule has 2 aromatic rings. The van der Waals surface area contributed by atoms with Crippen molar-refractivity contribution in [3.05, 3.63) is 35.9 Å². The van der Waals surface area contributed by atoms with Gasteiger partial charge in [0.1, 0.15) is 0 Å². The topological polar surface area (TPSA) is 58.9 Å². The molecule has 1 unspecified atom stereocenters. The molecule has 0 bridgehead atoms. The maximum absolute atomic E-state index is 4.11. The van der Waals surface area contributed by atoms with E-state index in [0.717, 1.165) is 43.7 Å². The van der Waals surface area contributed by atoms with Crippen LogP contribution < -0.4 is 10.2 Å². The lowest BCUT2D eigenvalue weighted by molar-refractivity contribution is 0.353. The first-order valence-electron chi connectivity index (χ1n) is 9.00. The first-order chi connectivity index (χ1) is 11.7. The van der Waals surface area contributed by atoms with E-state index in [1.165, 1.54) is 12.0 Å². The molecular formula is C18H26N6. The van der Waals surface area contributed by atoms with Crippen LogP contribution in [0.15, 0.2) is 30.3 Å². The third-order valence-electron chi connectivity index (χ3n) is 5.58. The van der Waals surface area contributed by atoms with Crippen LogP contribution in [0.25, 0.3) is 0 Å². The summed E-state index contributed by atoms with van der Waals surface area (Å²) in [7, 11) is 1.90. The zero-order chi connectivity index (χ0) is 16.5. The number of hydrogen-bond donors (Lipinski definition) is 1. The van der Waals surface area contributed by atoms with Crippen molar-refractivity contribution in [1.82, 2.24) is 25.5 Å². The molecule has 4 rings (SSSR count). The van der Waals surface area contributed by atoms with E-state index in [0.29, 0.717) is 12.1 Å². The first kappa shape index (κ1) is 15.6. The van der Waals surface area contributed by atoms with Gasteiger partial charge in [0.25, 0.3) is 0 Å². The number of piperidine rings is 1. The lowest BCUT2D eigenvalue weighted by atomic mass is 10.0. The highest BCUT2D eigenvalue weighted by Crippen LogP contribution is 2.49. The molecule has 1 aliphatic carbocycles. The van der Waals surface area contributed by atoms with E-state index in [9.17, 15) is 0 Å². The van der Waals surface area contributed by atoms with Gasteiger partial charge in [-0.2, -0.15) is 0 Å². The number of hydrogen-bond acceptors (Lipinski definition) is 5. The highest BCUT2D eigenvalue weighted by molar-refractivity contribution is 5.29. The fourth-order valence-corrected chi connectivity index (χ4v) is 4.08. The van der Waals surface area contributed by atoms with Crippen molar-refractivity contribution in [2.75, 3.05) is 18.0 Å². The number of rotatable bonds is 5. The number of nitrogens with one attached hydrogen (secondary N) is 1. The molecule has 6 heteroatoms. The molecular weight excluding hydrogens is 300 g/mol. The van der Waals surface area contributed by atoms with E-state index in [1.54, 1.807) is 4.68 Å². The molecule has 128 valence electrons. The molecule has 24 heavy (non-hydrogen) atoms. The molecule has 2 heterocycles. The molecule has 1 aromatic heterocycles. The molecule has 1 N–H and O–H groups in total. The molecule has 0 radical (unpaired) electrons. The van der Waals surface area contributed by atoms with Gasteiger partial charge in [-0.1, -0.05) is 35.4 Å². The van der Waals surface area contributed by atoms with Crippen LogP contribution in [0.5, 0.6) is 0 Å². The van der Waals surface area contributed by atoms with Gasteiger partial charge < -0.3 is 10.2 Å². The van der Waals surface area contributed by atoms with Gasteiger partial charge in [-0.3, -0.25) is 0 Å². The summed E-state index contributed by atoms with van der Waals surface area (Å²) in [5, 5.41) is 15.7. The Kier molecular flexibility index (Phi) is 4.22. The molecule has 1 saturated carbocycles. The van der Waals surface area contributed by atoms with Gasteiger partial charge in [0.05, 0.1) is 0 Å². The Hall–Kier alpha value is -1.95. The quantitative estimate of drug-likeness (QED) is 0.910. The Labute approximate surface area is 143 Å². The highest BCUT2D eigenvalue weighted by Gasteiger charge is 2.42. The summed E-state index contributed by atoms with van der Waals surface area (Å²) in [5.74, 6) is 2.42.